The minimum absolute atomic E-state index is 0.00568. The molecule has 0 heterocycles. The molecule has 1 unspecified atom stereocenters. The van der Waals surface area contributed by atoms with Gasteiger partial charge in [-0.2, -0.15) is 5.26 Å². The van der Waals surface area contributed by atoms with Crippen molar-refractivity contribution in [3.63, 3.8) is 0 Å². The van der Waals surface area contributed by atoms with Crippen LogP contribution in [0.2, 0.25) is 5.02 Å². The van der Waals surface area contributed by atoms with Gasteiger partial charge in [-0.05, 0) is 54.0 Å². The van der Waals surface area contributed by atoms with E-state index in [1.165, 1.54) is 37.3 Å². The highest BCUT2D eigenvalue weighted by atomic mass is 79.9. The van der Waals surface area contributed by atoms with E-state index in [0.29, 0.717) is 11.1 Å². The third-order valence-electron chi connectivity index (χ3n) is 3.17. The Morgan fingerprint density at radius 1 is 1.35 bits per heavy atom. The molecule has 0 saturated carbocycles. The van der Waals surface area contributed by atoms with E-state index < -0.39 is 17.9 Å². The van der Waals surface area contributed by atoms with Gasteiger partial charge in [0.2, 0.25) is 0 Å². The Labute approximate surface area is 163 Å². The maximum atomic E-state index is 13.1. The molecule has 0 fully saturated rings. The van der Waals surface area contributed by atoms with Crippen LogP contribution in [0.3, 0.4) is 0 Å². The topological polar surface area (TPSA) is 68.5 Å². The molecule has 0 saturated heterocycles. The molecule has 5 nitrogen and oxygen atoms in total. The van der Waals surface area contributed by atoms with Crippen LogP contribution in [0.15, 0.2) is 34.8 Å². The summed E-state index contributed by atoms with van der Waals surface area (Å²) < 4.78 is 29.7. The highest BCUT2D eigenvalue weighted by Crippen LogP contribution is 2.37. The summed E-state index contributed by atoms with van der Waals surface area (Å²) in [7, 11) is 0. The number of carbonyl (C=O) groups is 1. The number of nitriles is 1. The van der Waals surface area contributed by atoms with E-state index in [1.807, 2.05) is 6.07 Å². The number of nitrogens with zero attached hydrogens (tertiary/aromatic N) is 1. The number of carbonyl (C=O) groups excluding carboxylic acids is 1. The van der Waals surface area contributed by atoms with Gasteiger partial charge in [-0.15, -0.1) is 0 Å². The molecule has 0 aliphatic heterocycles. The van der Waals surface area contributed by atoms with Gasteiger partial charge >= 0.3 is 5.97 Å². The number of benzene rings is 2. The zero-order valence-corrected chi connectivity index (χ0v) is 16.2. The average Bonchev–Trinajstić information content (AvgIpc) is 2.59. The van der Waals surface area contributed by atoms with Crippen molar-refractivity contribution < 1.29 is 23.4 Å². The second-order valence-electron chi connectivity index (χ2n) is 5.09. The molecule has 2 rings (SSSR count). The number of rotatable bonds is 6. The standard InChI is InChI=1S/C18H14BrClFNO4/c1-3-24-16-7-11(9-22)6-14(20)17(16)26-18(23)10(2)25-15-5-4-12(21)8-13(15)19/h4-8,10H,3H2,1-2H3. The Hall–Kier alpha value is -2.30. The van der Waals surface area contributed by atoms with E-state index in [0.717, 1.165) is 0 Å². The molecule has 0 amide bonds. The first-order valence-corrected chi connectivity index (χ1v) is 8.72. The molecule has 26 heavy (non-hydrogen) atoms. The normalized spacial score (nSPS) is 11.4. The van der Waals surface area contributed by atoms with Gasteiger partial charge in [-0.3, -0.25) is 0 Å². The fourth-order valence-electron chi connectivity index (χ4n) is 1.99. The summed E-state index contributed by atoms with van der Waals surface area (Å²) in [5.41, 5.74) is 0.276. The predicted molar refractivity (Wildman–Crippen MR) is 97.2 cm³/mol. The lowest BCUT2D eigenvalue weighted by Crippen LogP contribution is -2.28. The van der Waals surface area contributed by atoms with Crippen LogP contribution in [0.5, 0.6) is 17.2 Å². The third kappa shape index (κ3) is 4.87. The Kier molecular flexibility index (Phi) is 6.83. The van der Waals surface area contributed by atoms with Crippen LogP contribution < -0.4 is 14.2 Å². The quantitative estimate of drug-likeness (QED) is 0.471. The zero-order chi connectivity index (χ0) is 19.3. The van der Waals surface area contributed by atoms with E-state index >= 15 is 0 Å². The van der Waals surface area contributed by atoms with Gasteiger partial charge in [0.05, 0.1) is 27.7 Å². The van der Waals surface area contributed by atoms with Gasteiger partial charge in [0.25, 0.3) is 0 Å². The number of ether oxygens (including phenoxy) is 3. The molecule has 136 valence electrons. The van der Waals surface area contributed by atoms with E-state index in [2.05, 4.69) is 15.9 Å². The monoisotopic (exact) mass is 441 g/mol. The highest BCUT2D eigenvalue weighted by molar-refractivity contribution is 9.10. The van der Waals surface area contributed by atoms with Crippen molar-refractivity contribution in [3.05, 3.63) is 51.2 Å². The molecule has 0 aromatic heterocycles. The fourth-order valence-corrected chi connectivity index (χ4v) is 2.68. The Balaban J connectivity index is 2.19. The van der Waals surface area contributed by atoms with Gasteiger partial charge < -0.3 is 14.2 Å². The maximum Gasteiger partial charge on any atom is 0.352 e. The summed E-state index contributed by atoms with van der Waals surface area (Å²) in [5.74, 6) is -0.697. The molecule has 0 aliphatic carbocycles. The smallest absolute Gasteiger partial charge is 0.352 e. The van der Waals surface area contributed by atoms with Crippen LogP contribution >= 0.6 is 27.5 Å². The third-order valence-corrected chi connectivity index (χ3v) is 4.07. The number of hydrogen-bond acceptors (Lipinski definition) is 5. The lowest BCUT2D eigenvalue weighted by molar-refractivity contribution is -0.141. The molecular weight excluding hydrogens is 429 g/mol. The van der Waals surface area contributed by atoms with Gasteiger partial charge in [-0.1, -0.05) is 11.6 Å². The molecule has 2 aromatic rings. The first-order valence-electron chi connectivity index (χ1n) is 7.55. The SMILES string of the molecule is CCOc1cc(C#N)cc(Cl)c1OC(=O)C(C)Oc1ccc(F)cc1Br. The van der Waals surface area contributed by atoms with Crippen molar-refractivity contribution in [2.24, 2.45) is 0 Å². The number of esters is 1. The van der Waals surface area contributed by atoms with Crippen LogP contribution in [0, 0.1) is 17.1 Å². The van der Waals surface area contributed by atoms with Crippen molar-refractivity contribution in [1.29, 1.82) is 5.26 Å². The minimum atomic E-state index is -1.00. The number of halogens is 3. The van der Waals surface area contributed by atoms with E-state index in [4.69, 9.17) is 31.1 Å². The molecule has 0 radical (unpaired) electrons. The van der Waals surface area contributed by atoms with E-state index in [1.54, 1.807) is 6.92 Å². The lowest BCUT2D eigenvalue weighted by Gasteiger charge is -2.17. The van der Waals surface area contributed by atoms with Gasteiger partial charge in [0.1, 0.15) is 11.6 Å². The first kappa shape index (κ1) is 20.0. The molecule has 0 bridgehead atoms. The Bertz CT molecular complexity index is 869. The Morgan fingerprint density at radius 2 is 2.08 bits per heavy atom. The summed E-state index contributed by atoms with van der Waals surface area (Å²) in [5, 5.41) is 9.07. The summed E-state index contributed by atoms with van der Waals surface area (Å²) in [6.45, 7) is 3.52. The van der Waals surface area contributed by atoms with Crippen molar-refractivity contribution in [1.82, 2.24) is 0 Å². The second-order valence-corrected chi connectivity index (χ2v) is 6.35. The summed E-state index contributed by atoms with van der Waals surface area (Å²) in [4.78, 5) is 12.3. The lowest BCUT2D eigenvalue weighted by atomic mass is 10.2. The second kappa shape index (κ2) is 8.88. The van der Waals surface area contributed by atoms with Crippen molar-refractivity contribution >= 4 is 33.5 Å². The molecular formula is C18H14BrClFNO4. The summed E-state index contributed by atoms with van der Waals surface area (Å²) >= 11 is 9.26. The zero-order valence-electron chi connectivity index (χ0n) is 13.9. The van der Waals surface area contributed by atoms with Gasteiger partial charge in [-0.25, -0.2) is 9.18 Å². The molecule has 2 aromatic carbocycles. The van der Waals surface area contributed by atoms with E-state index in [9.17, 15) is 9.18 Å². The summed E-state index contributed by atoms with van der Waals surface area (Å²) in [6, 6.07) is 8.57. The van der Waals surface area contributed by atoms with Crippen molar-refractivity contribution in [2.45, 2.75) is 20.0 Å². The van der Waals surface area contributed by atoms with Crippen molar-refractivity contribution in [2.75, 3.05) is 6.61 Å². The minimum Gasteiger partial charge on any atom is -0.490 e. The molecule has 0 N–H and O–H groups in total. The molecule has 8 heteroatoms. The number of hydrogen-bond donors (Lipinski definition) is 0. The predicted octanol–water partition coefficient (Wildman–Crippen LogP) is 4.88. The molecule has 0 aliphatic rings. The van der Waals surface area contributed by atoms with Crippen LogP contribution in [0.4, 0.5) is 4.39 Å². The molecule has 1 atom stereocenters. The molecule has 0 spiro atoms. The summed E-state index contributed by atoms with van der Waals surface area (Å²) in [6.07, 6.45) is -1.00. The van der Waals surface area contributed by atoms with Gasteiger partial charge in [0.15, 0.2) is 17.6 Å². The van der Waals surface area contributed by atoms with Crippen LogP contribution in [0.25, 0.3) is 0 Å². The maximum absolute atomic E-state index is 13.1. The average molecular weight is 443 g/mol. The van der Waals surface area contributed by atoms with Crippen LogP contribution in [-0.2, 0) is 4.79 Å². The fraction of sp³-hybridized carbons (Fsp3) is 0.222. The first-order chi connectivity index (χ1) is 12.3. The van der Waals surface area contributed by atoms with Crippen molar-refractivity contribution in [3.8, 4) is 23.3 Å². The Morgan fingerprint density at radius 3 is 2.69 bits per heavy atom. The van der Waals surface area contributed by atoms with E-state index in [-0.39, 0.29) is 27.8 Å². The van der Waals surface area contributed by atoms with Crippen LogP contribution in [0.1, 0.15) is 19.4 Å². The highest BCUT2D eigenvalue weighted by Gasteiger charge is 2.23. The van der Waals surface area contributed by atoms with Gasteiger partial charge in [0, 0.05) is 6.07 Å². The van der Waals surface area contributed by atoms with Crippen LogP contribution in [-0.4, -0.2) is 18.7 Å². The largest absolute Gasteiger partial charge is 0.490 e.